The highest BCUT2D eigenvalue weighted by Crippen LogP contribution is 2.27. The molecule has 166 valence electrons. The van der Waals surface area contributed by atoms with Crippen molar-refractivity contribution in [1.82, 2.24) is 20.5 Å². The molecule has 3 aromatic rings. The van der Waals surface area contributed by atoms with Gasteiger partial charge in [-0.25, -0.2) is 4.98 Å². The minimum atomic E-state index is -0.196. The van der Waals surface area contributed by atoms with Gasteiger partial charge in [-0.05, 0) is 60.5 Å². The number of nitrogens with zero attached hydrogens (tertiary/aromatic N) is 3. The quantitative estimate of drug-likeness (QED) is 0.330. The van der Waals surface area contributed by atoms with Crippen molar-refractivity contribution >= 4 is 29.4 Å². The summed E-state index contributed by atoms with van der Waals surface area (Å²) in [5.41, 5.74) is 1.94. The number of ether oxygens (including phenoxy) is 2. The van der Waals surface area contributed by atoms with Crippen LogP contribution >= 0.6 is 0 Å². The molecule has 0 unspecified atom stereocenters. The minimum absolute atomic E-state index is 0.196. The zero-order valence-electron chi connectivity index (χ0n) is 18.3. The number of nitrogens with one attached hydrogen (secondary N) is 3. The molecule has 0 spiro atoms. The van der Waals surface area contributed by atoms with Crippen LogP contribution in [0.1, 0.15) is 11.1 Å². The van der Waals surface area contributed by atoms with E-state index in [1.807, 2.05) is 37.3 Å². The summed E-state index contributed by atoms with van der Waals surface area (Å²) in [6.07, 6.45) is 4.92. The molecule has 0 aliphatic heterocycles. The van der Waals surface area contributed by atoms with Crippen LogP contribution in [0.3, 0.4) is 0 Å². The zero-order valence-corrected chi connectivity index (χ0v) is 18.3. The second-order valence-corrected chi connectivity index (χ2v) is 6.81. The number of aryl methyl sites for hydroxylation is 1. The van der Waals surface area contributed by atoms with Crippen LogP contribution in [-0.4, -0.2) is 48.4 Å². The van der Waals surface area contributed by atoms with Crippen LogP contribution in [0.15, 0.2) is 54.7 Å². The second kappa shape index (κ2) is 11.3. The SMILES string of the molecule is COc1ccc(/C=C/C(=O)NCCNc2ccc(Nc3cc(C)ccn3)nn2)cc1OC. The van der Waals surface area contributed by atoms with Gasteiger partial charge in [-0.2, -0.15) is 0 Å². The Morgan fingerprint density at radius 3 is 2.44 bits per heavy atom. The number of hydrogen-bond acceptors (Lipinski definition) is 8. The van der Waals surface area contributed by atoms with E-state index < -0.39 is 0 Å². The first-order chi connectivity index (χ1) is 15.6. The van der Waals surface area contributed by atoms with Gasteiger partial charge >= 0.3 is 0 Å². The summed E-state index contributed by atoms with van der Waals surface area (Å²) in [4.78, 5) is 16.3. The minimum Gasteiger partial charge on any atom is -0.493 e. The average molecular weight is 435 g/mol. The summed E-state index contributed by atoms with van der Waals surface area (Å²) in [6, 6.07) is 12.9. The number of benzene rings is 1. The first-order valence-corrected chi connectivity index (χ1v) is 10.0. The Labute approximate surface area is 186 Å². The molecule has 0 saturated heterocycles. The van der Waals surface area contributed by atoms with Gasteiger partial charge < -0.3 is 25.4 Å². The van der Waals surface area contributed by atoms with Crippen LogP contribution in [0.4, 0.5) is 17.5 Å². The Hall–Kier alpha value is -4.14. The van der Waals surface area contributed by atoms with E-state index in [9.17, 15) is 4.79 Å². The summed E-state index contributed by atoms with van der Waals surface area (Å²) in [5, 5.41) is 17.3. The molecule has 2 aromatic heterocycles. The number of amides is 1. The lowest BCUT2D eigenvalue weighted by Crippen LogP contribution is -2.27. The molecule has 1 amide bonds. The van der Waals surface area contributed by atoms with Crippen molar-refractivity contribution in [3.8, 4) is 11.5 Å². The highest BCUT2D eigenvalue weighted by Gasteiger charge is 2.04. The number of carbonyl (C=O) groups excluding carboxylic acids is 1. The maximum Gasteiger partial charge on any atom is 0.244 e. The predicted octanol–water partition coefficient (Wildman–Crippen LogP) is 3.18. The number of methoxy groups -OCH3 is 2. The van der Waals surface area contributed by atoms with Gasteiger partial charge in [0.2, 0.25) is 5.91 Å². The van der Waals surface area contributed by atoms with E-state index in [0.717, 1.165) is 11.1 Å². The van der Waals surface area contributed by atoms with E-state index in [1.165, 1.54) is 6.08 Å². The average Bonchev–Trinajstić information content (AvgIpc) is 2.81. The Morgan fingerprint density at radius 1 is 0.938 bits per heavy atom. The third-order valence-electron chi connectivity index (χ3n) is 4.40. The van der Waals surface area contributed by atoms with Gasteiger partial charge in [0.15, 0.2) is 17.3 Å². The number of aromatic nitrogens is 3. The highest BCUT2D eigenvalue weighted by molar-refractivity contribution is 5.91. The number of hydrogen-bond donors (Lipinski definition) is 3. The number of carbonyl (C=O) groups is 1. The predicted molar refractivity (Wildman–Crippen MR) is 124 cm³/mol. The molecule has 32 heavy (non-hydrogen) atoms. The maximum absolute atomic E-state index is 12.0. The molecule has 0 atom stereocenters. The van der Waals surface area contributed by atoms with Crippen LogP contribution in [0, 0.1) is 6.92 Å². The van der Waals surface area contributed by atoms with Crippen molar-refractivity contribution in [3.63, 3.8) is 0 Å². The van der Waals surface area contributed by atoms with Gasteiger partial charge in [-0.1, -0.05) is 6.07 Å². The highest BCUT2D eigenvalue weighted by atomic mass is 16.5. The van der Waals surface area contributed by atoms with E-state index in [0.29, 0.717) is 42.0 Å². The smallest absolute Gasteiger partial charge is 0.244 e. The second-order valence-electron chi connectivity index (χ2n) is 6.81. The van der Waals surface area contributed by atoms with Gasteiger partial charge in [0.05, 0.1) is 14.2 Å². The summed E-state index contributed by atoms with van der Waals surface area (Å²) in [7, 11) is 3.15. The van der Waals surface area contributed by atoms with Crippen molar-refractivity contribution in [3.05, 3.63) is 65.9 Å². The molecule has 0 aliphatic carbocycles. The van der Waals surface area contributed by atoms with E-state index in [4.69, 9.17) is 9.47 Å². The topological polar surface area (TPSA) is 110 Å². The van der Waals surface area contributed by atoms with Crippen LogP contribution in [0.2, 0.25) is 0 Å². The van der Waals surface area contributed by atoms with Gasteiger partial charge in [-0.3, -0.25) is 4.79 Å². The molecule has 0 saturated carbocycles. The molecule has 0 bridgehead atoms. The largest absolute Gasteiger partial charge is 0.493 e. The summed E-state index contributed by atoms with van der Waals surface area (Å²) in [5.74, 6) is 2.97. The Balaban J connectivity index is 1.41. The monoisotopic (exact) mass is 434 g/mol. The molecule has 3 N–H and O–H groups in total. The number of rotatable bonds is 10. The molecule has 2 heterocycles. The summed E-state index contributed by atoms with van der Waals surface area (Å²) < 4.78 is 10.5. The van der Waals surface area contributed by atoms with Crippen molar-refractivity contribution in [1.29, 1.82) is 0 Å². The molecule has 0 fully saturated rings. The zero-order chi connectivity index (χ0) is 22.8. The van der Waals surface area contributed by atoms with Gasteiger partial charge in [0.1, 0.15) is 11.6 Å². The lowest BCUT2D eigenvalue weighted by molar-refractivity contribution is -0.116. The van der Waals surface area contributed by atoms with Crippen molar-refractivity contribution in [2.45, 2.75) is 6.92 Å². The third kappa shape index (κ3) is 6.69. The van der Waals surface area contributed by atoms with Gasteiger partial charge in [0, 0.05) is 25.4 Å². The molecule has 1 aromatic carbocycles. The third-order valence-corrected chi connectivity index (χ3v) is 4.40. The van der Waals surface area contributed by atoms with Crippen LogP contribution in [0.25, 0.3) is 6.08 Å². The first kappa shape index (κ1) is 22.5. The number of anilines is 3. The lowest BCUT2D eigenvalue weighted by atomic mass is 10.2. The van der Waals surface area contributed by atoms with Crippen molar-refractivity contribution < 1.29 is 14.3 Å². The Bertz CT molecular complexity index is 1070. The Kier molecular flexibility index (Phi) is 7.96. The van der Waals surface area contributed by atoms with Gasteiger partial charge in [-0.15, -0.1) is 10.2 Å². The van der Waals surface area contributed by atoms with Crippen LogP contribution in [-0.2, 0) is 4.79 Å². The molecule has 3 rings (SSSR count). The van der Waals surface area contributed by atoms with E-state index in [2.05, 4.69) is 31.1 Å². The number of pyridine rings is 1. The van der Waals surface area contributed by atoms with E-state index in [-0.39, 0.29) is 5.91 Å². The summed E-state index contributed by atoms with van der Waals surface area (Å²) >= 11 is 0. The summed E-state index contributed by atoms with van der Waals surface area (Å²) in [6.45, 7) is 2.94. The van der Waals surface area contributed by atoms with Crippen LogP contribution < -0.4 is 25.4 Å². The fourth-order valence-corrected chi connectivity index (χ4v) is 2.79. The maximum atomic E-state index is 12.0. The molecule has 0 radical (unpaired) electrons. The van der Waals surface area contributed by atoms with Gasteiger partial charge in [0.25, 0.3) is 0 Å². The fourth-order valence-electron chi connectivity index (χ4n) is 2.79. The van der Waals surface area contributed by atoms with E-state index >= 15 is 0 Å². The molecular formula is C23H26N6O3. The van der Waals surface area contributed by atoms with Crippen LogP contribution in [0.5, 0.6) is 11.5 Å². The lowest BCUT2D eigenvalue weighted by Gasteiger charge is -2.08. The fraction of sp³-hybridized carbons (Fsp3) is 0.217. The molecule has 9 heteroatoms. The molecular weight excluding hydrogens is 408 g/mol. The van der Waals surface area contributed by atoms with Crippen molar-refractivity contribution in [2.75, 3.05) is 37.9 Å². The van der Waals surface area contributed by atoms with E-state index in [1.54, 1.807) is 38.6 Å². The molecule has 0 aliphatic rings. The molecule has 9 nitrogen and oxygen atoms in total. The normalized spacial score (nSPS) is 10.6. The van der Waals surface area contributed by atoms with Crippen molar-refractivity contribution in [2.24, 2.45) is 0 Å². The first-order valence-electron chi connectivity index (χ1n) is 10.0. The Morgan fingerprint density at radius 2 is 1.72 bits per heavy atom. The standard InChI is InChI=1S/C23H26N6O3/c1-16-10-11-24-22(14-16)27-21-8-7-20(28-29-21)25-12-13-26-23(30)9-5-17-4-6-18(31-2)19(15-17)32-3/h4-11,14-15H,12-13H2,1-3H3,(H,25,28)(H,26,30)(H,24,27,29)/b9-5+.